The Balaban J connectivity index is 1.52. The van der Waals surface area contributed by atoms with Crippen LogP contribution < -0.4 is 15.5 Å². The van der Waals surface area contributed by atoms with Gasteiger partial charge < -0.3 is 24.5 Å². The average Bonchev–Trinajstić information content (AvgIpc) is 2.72. The van der Waals surface area contributed by atoms with Crippen molar-refractivity contribution in [2.24, 2.45) is 11.8 Å². The van der Waals surface area contributed by atoms with Crippen molar-refractivity contribution < 1.29 is 19.4 Å². The standard InChI is InChI=1S/C25H32N2O5/c1-3-32-8-7-27-14-19(22(28)18-5-4-6-20(31-2)21(18)27)23(29)26-24-10-16-9-17(11-24)13-25(30,12-16)15-24/h4-6,14,16-17,30H,3,7-13,15H2,1-2H3,(H,26,29). The molecule has 7 heteroatoms. The molecule has 172 valence electrons. The lowest BCUT2D eigenvalue weighted by atomic mass is 9.51. The van der Waals surface area contributed by atoms with E-state index < -0.39 is 11.1 Å². The van der Waals surface area contributed by atoms with Crippen molar-refractivity contribution in [2.75, 3.05) is 20.3 Å². The molecule has 2 N–H and O–H groups in total. The monoisotopic (exact) mass is 440 g/mol. The second kappa shape index (κ2) is 7.89. The molecular formula is C25H32N2O5. The number of hydrogen-bond donors (Lipinski definition) is 2. The first kappa shape index (κ1) is 21.5. The van der Waals surface area contributed by atoms with Crippen molar-refractivity contribution in [1.29, 1.82) is 0 Å². The maximum absolute atomic E-state index is 13.5. The number of nitrogens with zero attached hydrogens (tertiary/aromatic N) is 1. The lowest BCUT2D eigenvalue weighted by molar-refractivity contribution is -0.139. The fraction of sp³-hybridized carbons (Fsp3) is 0.600. The Morgan fingerprint density at radius 1 is 1.25 bits per heavy atom. The lowest BCUT2D eigenvalue weighted by Gasteiger charge is -2.60. The van der Waals surface area contributed by atoms with Crippen molar-refractivity contribution >= 4 is 16.8 Å². The number of ether oxygens (including phenoxy) is 2. The molecule has 6 rings (SSSR count). The predicted molar refractivity (Wildman–Crippen MR) is 121 cm³/mol. The fourth-order valence-corrected chi connectivity index (χ4v) is 6.90. The minimum atomic E-state index is -0.675. The smallest absolute Gasteiger partial charge is 0.257 e. The van der Waals surface area contributed by atoms with Crippen molar-refractivity contribution in [3.63, 3.8) is 0 Å². The van der Waals surface area contributed by atoms with Crippen LogP contribution in [0.4, 0.5) is 0 Å². The Kier molecular flexibility index (Phi) is 5.29. The van der Waals surface area contributed by atoms with Crippen LogP contribution in [0.3, 0.4) is 0 Å². The molecule has 2 unspecified atom stereocenters. The van der Waals surface area contributed by atoms with Crippen LogP contribution in [-0.2, 0) is 11.3 Å². The van der Waals surface area contributed by atoms with Crippen LogP contribution in [-0.4, -0.2) is 47.0 Å². The van der Waals surface area contributed by atoms with E-state index in [1.807, 2.05) is 17.6 Å². The molecule has 4 fully saturated rings. The molecule has 1 amide bonds. The van der Waals surface area contributed by atoms with E-state index in [-0.39, 0.29) is 16.9 Å². The number of aromatic nitrogens is 1. The van der Waals surface area contributed by atoms with Gasteiger partial charge in [0, 0.05) is 24.9 Å². The van der Waals surface area contributed by atoms with Gasteiger partial charge in [0.05, 0.1) is 30.2 Å². The Bertz CT molecular complexity index is 1090. The number of carbonyl (C=O) groups excluding carboxylic acids is 1. The number of carbonyl (C=O) groups is 1. The van der Waals surface area contributed by atoms with Gasteiger partial charge in [-0.2, -0.15) is 0 Å². The van der Waals surface area contributed by atoms with E-state index in [1.54, 1.807) is 25.4 Å². The molecule has 4 saturated carbocycles. The van der Waals surface area contributed by atoms with Crippen LogP contribution in [0, 0.1) is 11.8 Å². The minimum Gasteiger partial charge on any atom is -0.495 e. The van der Waals surface area contributed by atoms with E-state index >= 15 is 0 Å². The molecule has 4 bridgehead atoms. The molecule has 7 nitrogen and oxygen atoms in total. The summed E-state index contributed by atoms with van der Waals surface area (Å²) in [5.41, 5.74) is -0.592. The maximum Gasteiger partial charge on any atom is 0.257 e. The number of amides is 1. The lowest BCUT2D eigenvalue weighted by Crippen LogP contribution is -2.65. The Morgan fingerprint density at radius 2 is 2.00 bits per heavy atom. The third kappa shape index (κ3) is 3.61. The van der Waals surface area contributed by atoms with E-state index in [4.69, 9.17) is 9.47 Å². The van der Waals surface area contributed by atoms with Gasteiger partial charge in [0.2, 0.25) is 5.43 Å². The summed E-state index contributed by atoms with van der Waals surface area (Å²) in [6.45, 7) is 3.49. The molecule has 0 aliphatic heterocycles. The summed E-state index contributed by atoms with van der Waals surface area (Å²) in [6, 6.07) is 5.32. The summed E-state index contributed by atoms with van der Waals surface area (Å²) in [4.78, 5) is 26.8. The number of nitrogens with one attached hydrogen (secondary N) is 1. The number of para-hydroxylation sites is 1. The molecule has 4 aliphatic carbocycles. The normalized spacial score (nSPS) is 30.6. The second-order valence-corrected chi connectivity index (χ2v) is 10.0. The van der Waals surface area contributed by atoms with Crippen LogP contribution >= 0.6 is 0 Å². The summed E-state index contributed by atoms with van der Waals surface area (Å²) in [6.07, 6.45) is 6.80. The Labute approximate surface area is 187 Å². The fourth-order valence-electron chi connectivity index (χ4n) is 6.90. The van der Waals surface area contributed by atoms with Crippen LogP contribution in [0.15, 0.2) is 29.2 Å². The van der Waals surface area contributed by atoms with E-state index in [9.17, 15) is 14.7 Å². The van der Waals surface area contributed by atoms with Gasteiger partial charge in [-0.1, -0.05) is 6.07 Å². The summed E-state index contributed by atoms with van der Waals surface area (Å²) in [7, 11) is 1.57. The number of hydrogen-bond acceptors (Lipinski definition) is 5. The molecule has 1 aromatic heterocycles. The van der Waals surface area contributed by atoms with E-state index in [0.717, 1.165) is 32.1 Å². The zero-order valence-electron chi connectivity index (χ0n) is 18.9. The van der Waals surface area contributed by atoms with E-state index in [2.05, 4.69) is 5.32 Å². The van der Waals surface area contributed by atoms with Crippen molar-refractivity contribution in [2.45, 2.75) is 63.1 Å². The number of fused-ring (bicyclic) bond motifs is 1. The highest BCUT2D eigenvalue weighted by atomic mass is 16.5. The van der Waals surface area contributed by atoms with Crippen molar-refractivity contribution in [3.8, 4) is 5.75 Å². The topological polar surface area (TPSA) is 89.8 Å². The molecule has 32 heavy (non-hydrogen) atoms. The number of rotatable bonds is 7. The molecule has 1 heterocycles. The summed E-state index contributed by atoms with van der Waals surface area (Å²) in [5.74, 6) is 1.14. The first-order valence-electron chi connectivity index (χ1n) is 11.7. The first-order valence-corrected chi connectivity index (χ1v) is 11.7. The van der Waals surface area contributed by atoms with Crippen LogP contribution in [0.2, 0.25) is 0 Å². The Hall–Kier alpha value is -2.38. The number of methoxy groups -OCH3 is 1. The second-order valence-electron chi connectivity index (χ2n) is 10.0. The van der Waals surface area contributed by atoms with E-state index in [0.29, 0.717) is 54.7 Å². The van der Waals surface area contributed by atoms with Crippen LogP contribution in [0.1, 0.15) is 55.8 Å². The SMILES string of the molecule is CCOCCn1cc(C(=O)NC23CC4CC(CC(O)(C4)C2)C3)c(=O)c2cccc(OC)c21. The number of aliphatic hydroxyl groups is 1. The molecule has 1 aromatic carbocycles. The van der Waals surface area contributed by atoms with Gasteiger partial charge in [0.1, 0.15) is 11.3 Å². The highest BCUT2D eigenvalue weighted by molar-refractivity contribution is 5.98. The molecule has 0 radical (unpaired) electrons. The van der Waals surface area contributed by atoms with Gasteiger partial charge in [0.25, 0.3) is 5.91 Å². The maximum atomic E-state index is 13.5. The first-order chi connectivity index (χ1) is 15.4. The van der Waals surface area contributed by atoms with Gasteiger partial charge in [0.15, 0.2) is 0 Å². The molecule has 4 aliphatic rings. The minimum absolute atomic E-state index is 0.130. The summed E-state index contributed by atoms with van der Waals surface area (Å²) < 4.78 is 12.9. The highest BCUT2D eigenvalue weighted by Gasteiger charge is 2.57. The molecular weight excluding hydrogens is 408 g/mol. The average molecular weight is 441 g/mol. The van der Waals surface area contributed by atoms with Crippen molar-refractivity contribution in [1.82, 2.24) is 9.88 Å². The van der Waals surface area contributed by atoms with Crippen LogP contribution in [0.25, 0.3) is 10.9 Å². The zero-order chi connectivity index (χ0) is 22.5. The zero-order valence-corrected chi connectivity index (χ0v) is 18.9. The highest BCUT2D eigenvalue weighted by Crippen LogP contribution is 2.57. The molecule has 2 aromatic rings. The van der Waals surface area contributed by atoms with E-state index in [1.165, 1.54) is 0 Å². The molecule has 0 spiro atoms. The molecule has 0 saturated heterocycles. The summed E-state index contributed by atoms with van der Waals surface area (Å²) in [5, 5.41) is 14.7. The largest absolute Gasteiger partial charge is 0.495 e. The third-order valence-electron chi connectivity index (χ3n) is 7.61. The van der Waals surface area contributed by atoms with Gasteiger partial charge in [-0.25, -0.2) is 0 Å². The third-order valence-corrected chi connectivity index (χ3v) is 7.61. The summed E-state index contributed by atoms with van der Waals surface area (Å²) >= 11 is 0. The molecule has 2 atom stereocenters. The predicted octanol–water partition coefficient (Wildman–Crippen LogP) is 2.86. The van der Waals surface area contributed by atoms with Gasteiger partial charge in [-0.15, -0.1) is 0 Å². The quantitative estimate of drug-likeness (QED) is 0.647. The number of benzene rings is 1. The number of pyridine rings is 1. The Morgan fingerprint density at radius 3 is 2.66 bits per heavy atom. The van der Waals surface area contributed by atoms with Gasteiger partial charge >= 0.3 is 0 Å². The van der Waals surface area contributed by atoms with Crippen LogP contribution in [0.5, 0.6) is 5.75 Å². The van der Waals surface area contributed by atoms with Crippen molar-refractivity contribution in [3.05, 3.63) is 40.2 Å². The van der Waals surface area contributed by atoms with Gasteiger partial charge in [-0.3, -0.25) is 9.59 Å². The van der Waals surface area contributed by atoms with Gasteiger partial charge in [-0.05, 0) is 69.4 Å².